The zero-order valence-corrected chi connectivity index (χ0v) is 13.4. The van der Waals surface area contributed by atoms with Crippen molar-refractivity contribution in [3.05, 3.63) is 30.8 Å². The molecule has 2 aromatic heterocycles. The lowest BCUT2D eigenvalue weighted by molar-refractivity contribution is 0.0691. The molecule has 0 aliphatic heterocycles. The van der Waals surface area contributed by atoms with E-state index in [-0.39, 0.29) is 25.8 Å². The van der Waals surface area contributed by atoms with Gasteiger partial charge in [-0.3, -0.25) is 0 Å². The number of thiophene rings is 1. The number of carboxylic acids is 1. The smallest absolute Gasteiger partial charge is 0.355 e. The summed E-state index contributed by atoms with van der Waals surface area (Å²) in [7, 11) is -3.82. The maximum atomic E-state index is 12.0. The molecule has 0 saturated heterocycles. The Kier molecular flexibility index (Phi) is 4.67. The van der Waals surface area contributed by atoms with Crippen LogP contribution in [0, 0.1) is 0 Å². The zero-order chi connectivity index (χ0) is 14.9. The Balaban J connectivity index is 2.13. The number of thiazole rings is 1. The van der Waals surface area contributed by atoms with Gasteiger partial charge in [0, 0.05) is 5.38 Å². The largest absolute Gasteiger partial charge is 0.476 e. The monoisotopic (exact) mass is 372 g/mol. The maximum absolute atomic E-state index is 12.0. The Morgan fingerprint density at radius 1 is 1.45 bits per heavy atom. The van der Waals surface area contributed by atoms with Crippen LogP contribution in [0.4, 0.5) is 0 Å². The van der Waals surface area contributed by atoms with Gasteiger partial charge < -0.3 is 5.11 Å². The first kappa shape index (κ1) is 15.7. The van der Waals surface area contributed by atoms with E-state index in [2.05, 4.69) is 9.71 Å². The predicted octanol–water partition coefficient (Wildman–Crippen LogP) is 2.69. The highest BCUT2D eigenvalue weighted by molar-refractivity contribution is 7.89. The summed E-state index contributed by atoms with van der Waals surface area (Å²) in [6.07, 6.45) is 0. The van der Waals surface area contributed by atoms with Crippen molar-refractivity contribution in [2.75, 3.05) is 0 Å². The van der Waals surface area contributed by atoms with Crippen molar-refractivity contribution in [2.24, 2.45) is 0 Å². The maximum Gasteiger partial charge on any atom is 0.355 e. The molecule has 2 N–H and O–H groups in total. The van der Waals surface area contributed by atoms with Gasteiger partial charge in [-0.15, -0.1) is 22.7 Å². The molecule has 0 fully saturated rings. The van der Waals surface area contributed by atoms with E-state index in [4.69, 9.17) is 28.3 Å². The van der Waals surface area contributed by atoms with Crippen LogP contribution in [0.5, 0.6) is 0 Å². The average molecular weight is 373 g/mol. The van der Waals surface area contributed by atoms with E-state index in [0.717, 1.165) is 22.7 Å². The third-order valence-electron chi connectivity index (χ3n) is 2.10. The van der Waals surface area contributed by atoms with Gasteiger partial charge in [0.1, 0.15) is 14.2 Å². The second-order valence-electron chi connectivity index (χ2n) is 3.44. The fraction of sp³-hybridized carbons (Fsp3) is 0.111. The van der Waals surface area contributed by atoms with Crippen molar-refractivity contribution in [3.63, 3.8) is 0 Å². The Labute approximate surface area is 132 Å². The number of nitrogens with one attached hydrogen (secondary N) is 1. The van der Waals surface area contributed by atoms with Crippen LogP contribution in [-0.4, -0.2) is 24.5 Å². The first-order chi connectivity index (χ1) is 9.29. The minimum Gasteiger partial charge on any atom is -0.476 e. The molecule has 0 radical (unpaired) electrons. The number of hydrogen-bond donors (Lipinski definition) is 2. The number of rotatable bonds is 5. The highest BCUT2D eigenvalue weighted by Gasteiger charge is 2.21. The Hall–Kier alpha value is -0.710. The third kappa shape index (κ3) is 3.48. The first-order valence-electron chi connectivity index (χ1n) is 4.92. The zero-order valence-electron chi connectivity index (χ0n) is 9.46. The van der Waals surface area contributed by atoms with Crippen molar-refractivity contribution < 1.29 is 18.3 Å². The third-order valence-corrected chi connectivity index (χ3v) is 6.10. The fourth-order valence-corrected chi connectivity index (χ4v) is 5.17. The average Bonchev–Trinajstić information content (AvgIpc) is 2.93. The molecule has 0 unspecified atom stereocenters. The highest BCUT2D eigenvalue weighted by Crippen LogP contribution is 2.34. The summed E-state index contributed by atoms with van der Waals surface area (Å²) in [4.78, 5) is 14.3. The normalized spacial score (nSPS) is 11.7. The summed E-state index contributed by atoms with van der Waals surface area (Å²) >= 11 is 13.5. The van der Waals surface area contributed by atoms with Gasteiger partial charge in [0.25, 0.3) is 0 Å². The van der Waals surface area contributed by atoms with Gasteiger partial charge in [0.05, 0.1) is 10.9 Å². The van der Waals surface area contributed by atoms with E-state index >= 15 is 0 Å². The predicted molar refractivity (Wildman–Crippen MR) is 77.4 cm³/mol. The quantitative estimate of drug-likeness (QED) is 0.840. The van der Waals surface area contributed by atoms with Crippen LogP contribution in [0.3, 0.4) is 0 Å². The summed E-state index contributed by atoms with van der Waals surface area (Å²) in [5, 5.41) is 10.4. The van der Waals surface area contributed by atoms with Crippen molar-refractivity contribution in [1.29, 1.82) is 0 Å². The molecule has 2 aromatic rings. The number of aromatic carboxylic acids is 1. The molecule has 2 rings (SSSR count). The lowest BCUT2D eigenvalue weighted by Gasteiger charge is -2.03. The molecule has 0 aliphatic rings. The summed E-state index contributed by atoms with van der Waals surface area (Å²) < 4.78 is 26.6. The van der Waals surface area contributed by atoms with Crippen molar-refractivity contribution in [2.45, 2.75) is 11.4 Å². The molecule has 0 amide bonds. The van der Waals surface area contributed by atoms with E-state index in [1.54, 1.807) is 0 Å². The van der Waals surface area contributed by atoms with Gasteiger partial charge in [-0.25, -0.2) is 22.9 Å². The molecule has 0 saturated carbocycles. The van der Waals surface area contributed by atoms with Crippen molar-refractivity contribution in [1.82, 2.24) is 9.71 Å². The SMILES string of the molecule is O=C(O)c1csc(CNS(=O)(=O)c2cc(Cl)sc2Cl)n1. The van der Waals surface area contributed by atoms with Crippen LogP contribution in [0.15, 0.2) is 16.3 Å². The topological polar surface area (TPSA) is 96.4 Å². The number of hydrogen-bond acceptors (Lipinski definition) is 6. The number of aromatic nitrogens is 1. The van der Waals surface area contributed by atoms with E-state index < -0.39 is 16.0 Å². The van der Waals surface area contributed by atoms with Gasteiger partial charge in [0.2, 0.25) is 10.0 Å². The van der Waals surface area contributed by atoms with E-state index in [1.807, 2.05) is 0 Å². The van der Waals surface area contributed by atoms with Crippen molar-refractivity contribution in [3.8, 4) is 0 Å². The van der Waals surface area contributed by atoms with Crippen LogP contribution in [0.2, 0.25) is 8.67 Å². The molecule has 20 heavy (non-hydrogen) atoms. The molecular weight excluding hydrogens is 367 g/mol. The summed E-state index contributed by atoms with van der Waals surface area (Å²) in [5.74, 6) is -1.16. The molecule has 0 aromatic carbocycles. The number of sulfonamides is 1. The van der Waals surface area contributed by atoms with Gasteiger partial charge >= 0.3 is 5.97 Å². The lowest BCUT2D eigenvalue weighted by atomic mass is 10.5. The minimum absolute atomic E-state index is 0.0628. The van der Waals surface area contributed by atoms with Crippen LogP contribution >= 0.6 is 45.9 Å². The van der Waals surface area contributed by atoms with E-state index in [1.165, 1.54) is 11.4 Å². The molecule has 6 nitrogen and oxygen atoms in total. The van der Waals surface area contributed by atoms with Gasteiger partial charge in [-0.05, 0) is 6.07 Å². The number of carbonyl (C=O) groups is 1. The standard InChI is InChI=1S/C9H6Cl2N2O4S3/c10-6-1-5(8(11)19-6)20(16,17)12-2-7-13-4(3-18-7)9(14)15/h1,3,12H,2H2,(H,14,15). The summed E-state index contributed by atoms with van der Waals surface area (Å²) in [5.41, 5.74) is -0.124. The molecule has 0 atom stereocenters. The van der Waals surface area contributed by atoms with E-state index in [9.17, 15) is 13.2 Å². The number of halogens is 2. The fourth-order valence-electron chi connectivity index (χ4n) is 1.23. The molecular formula is C9H6Cl2N2O4S3. The summed E-state index contributed by atoms with van der Waals surface area (Å²) in [6, 6.07) is 1.25. The van der Waals surface area contributed by atoms with E-state index in [0.29, 0.717) is 5.01 Å². The Morgan fingerprint density at radius 3 is 2.65 bits per heavy atom. The number of nitrogens with zero attached hydrogens (tertiary/aromatic N) is 1. The lowest BCUT2D eigenvalue weighted by Crippen LogP contribution is -2.23. The summed E-state index contributed by atoms with van der Waals surface area (Å²) in [6.45, 7) is -0.121. The highest BCUT2D eigenvalue weighted by atomic mass is 35.5. The van der Waals surface area contributed by atoms with Crippen LogP contribution < -0.4 is 4.72 Å². The van der Waals surface area contributed by atoms with Crippen molar-refractivity contribution >= 4 is 61.9 Å². The van der Waals surface area contributed by atoms with Crippen LogP contribution in [0.25, 0.3) is 0 Å². The minimum atomic E-state index is -3.82. The Bertz CT molecular complexity index is 753. The van der Waals surface area contributed by atoms with Gasteiger partial charge in [0.15, 0.2) is 5.69 Å². The van der Waals surface area contributed by atoms with Gasteiger partial charge in [-0.2, -0.15) is 0 Å². The molecule has 11 heteroatoms. The molecule has 0 aliphatic carbocycles. The second kappa shape index (κ2) is 5.96. The van der Waals surface area contributed by atoms with Gasteiger partial charge in [-0.1, -0.05) is 23.2 Å². The molecule has 0 spiro atoms. The Morgan fingerprint density at radius 2 is 2.15 bits per heavy atom. The molecule has 2 heterocycles. The van der Waals surface area contributed by atoms with Crippen LogP contribution in [0.1, 0.15) is 15.5 Å². The van der Waals surface area contributed by atoms with Crippen LogP contribution in [-0.2, 0) is 16.6 Å². The first-order valence-corrected chi connectivity index (χ1v) is 8.85. The molecule has 0 bridgehead atoms. The number of carboxylic acid groups (broad SMARTS) is 1. The molecule has 108 valence electrons. The second-order valence-corrected chi connectivity index (χ2v) is 8.41.